The summed E-state index contributed by atoms with van der Waals surface area (Å²) in [7, 11) is 0. The highest BCUT2D eigenvalue weighted by Crippen LogP contribution is 2.42. The molecule has 170 valence electrons. The van der Waals surface area contributed by atoms with E-state index in [0.717, 1.165) is 22.9 Å². The van der Waals surface area contributed by atoms with Crippen LogP contribution in [0.15, 0.2) is 89.5 Å². The van der Waals surface area contributed by atoms with Crippen LogP contribution in [0.4, 0.5) is 10.1 Å². The summed E-state index contributed by atoms with van der Waals surface area (Å²) in [6, 6.07) is 23.8. The number of amides is 2. The molecule has 1 heterocycles. The molecule has 0 aliphatic carbocycles. The molecule has 1 saturated heterocycles. The van der Waals surface area contributed by atoms with Crippen molar-refractivity contribution in [2.45, 2.75) is 18.2 Å². The lowest BCUT2D eigenvalue weighted by molar-refractivity contribution is -0.117. The van der Waals surface area contributed by atoms with Crippen molar-refractivity contribution in [3.8, 4) is 6.07 Å². The predicted molar refractivity (Wildman–Crippen MR) is 131 cm³/mol. The number of benzene rings is 3. The van der Waals surface area contributed by atoms with Gasteiger partial charge in [-0.3, -0.25) is 14.5 Å². The summed E-state index contributed by atoms with van der Waals surface area (Å²) in [6.07, 6.45) is 0.381. The van der Waals surface area contributed by atoms with Crippen LogP contribution >= 0.6 is 23.4 Å². The van der Waals surface area contributed by atoms with Gasteiger partial charge < -0.3 is 5.32 Å². The monoisotopic (exact) mass is 491 g/mol. The van der Waals surface area contributed by atoms with Crippen LogP contribution in [0.2, 0.25) is 5.02 Å². The summed E-state index contributed by atoms with van der Waals surface area (Å²) in [5, 5.41) is 12.9. The summed E-state index contributed by atoms with van der Waals surface area (Å²) < 4.78 is 13.5. The highest BCUT2D eigenvalue weighted by molar-refractivity contribution is 8.05. The second-order valence-electron chi connectivity index (χ2n) is 7.55. The molecule has 0 saturated carbocycles. The number of carbonyl (C=O) groups is 2. The largest absolute Gasteiger partial charge is 0.347 e. The van der Waals surface area contributed by atoms with E-state index < -0.39 is 17.0 Å². The lowest BCUT2D eigenvalue weighted by Crippen LogP contribution is -2.32. The Morgan fingerprint density at radius 2 is 1.71 bits per heavy atom. The lowest BCUT2D eigenvalue weighted by atomic mass is 10.1. The molecule has 4 rings (SSSR count). The van der Waals surface area contributed by atoms with E-state index in [9.17, 15) is 19.2 Å². The molecule has 1 fully saturated rings. The summed E-state index contributed by atoms with van der Waals surface area (Å²) in [5.41, 5.74) is 1.99. The fourth-order valence-corrected chi connectivity index (χ4v) is 4.95. The number of carbonyl (C=O) groups excluding carboxylic acids is 2. The first-order valence-electron chi connectivity index (χ1n) is 10.4. The predicted octanol–water partition coefficient (Wildman–Crippen LogP) is 5.22. The van der Waals surface area contributed by atoms with Crippen LogP contribution in [0.3, 0.4) is 0 Å². The third-order valence-corrected chi connectivity index (χ3v) is 6.74. The average molecular weight is 492 g/mol. The van der Waals surface area contributed by atoms with E-state index >= 15 is 0 Å². The van der Waals surface area contributed by atoms with Gasteiger partial charge >= 0.3 is 0 Å². The molecule has 2 amide bonds. The zero-order valence-electron chi connectivity index (χ0n) is 17.9. The van der Waals surface area contributed by atoms with Crippen molar-refractivity contribution in [3.05, 3.63) is 111 Å². The topological polar surface area (TPSA) is 73.2 Å². The van der Waals surface area contributed by atoms with Crippen molar-refractivity contribution < 1.29 is 14.0 Å². The molecule has 0 radical (unpaired) electrons. The van der Waals surface area contributed by atoms with Gasteiger partial charge in [-0.25, -0.2) is 4.39 Å². The SMILES string of the molecule is N#C/C(C(=O)NCc1ccccc1)=C1/S[C@H](Cc2ccc(Cl)cc2)C(=O)N1c1ccc(F)cc1. The third kappa shape index (κ3) is 5.30. The summed E-state index contributed by atoms with van der Waals surface area (Å²) in [4.78, 5) is 27.7. The Balaban J connectivity index is 1.66. The molecule has 1 aliphatic rings. The first-order valence-corrected chi connectivity index (χ1v) is 11.7. The zero-order valence-corrected chi connectivity index (χ0v) is 19.4. The normalized spacial score (nSPS) is 16.8. The van der Waals surface area contributed by atoms with E-state index in [1.807, 2.05) is 48.5 Å². The number of halogens is 2. The minimum Gasteiger partial charge on any atom is -0.347 e. The van der Waals surface area contributed by atoms with Crippen molar-refractivity contribution in [1.82, 2.24) is 5.32 Å². The molecule has 5 nitrogen and oxygen atoms in total. The van der Waals surface area contributed by atoms with Gasteiger partial charge in [-0.05, 0) is 53.9 Å². The van der Waals surface area contributed by atoms with Gasteiger partial charge in [-0.15, -0.1) is 0 Å². The molecule has 0 unspecified atom stereocenters. The van der Waals surface area contributed by atoms with Crippen LogP contribution in [0.1, 0.15) is 11.1 Å². The minimum atomic E-state index is -0.582. The van der Waals surface area contributed by atoms with Crippen molar-refractivity contribution >= 4 is 40.9 Å². The van der Waals surface area contributed by atoms with Crippen LogP contribution < -0.4 is 10.2 Å². The number of nitrogens with zero attached hydrogens (tertiary/aromatic N) is 2. The number of rotatable bonds is 6. The van der Waals surface area contributed by atoms with Crippen LogP contribution in [-0.4, -0.2) is 17.1 Å². The molecule has 8 heteroatoms. The first-order chi connectivity index (χ1) is 16.5. The maximum absolute atomic E-state index is 13.5. The molecule has 3 aromatic rings. The molecule has 3 aromatic carbocycles. The second kappa shape index (κ2) is 10.6. The smallest absolute Gasteiger partial charge is 0.264 e. The number of nitriles is 1. The number of hydrogen-bond acceptors (Lipinski definition) is 4. The minimum absolute atomic E-state index is 0.169. The van der Waals surface area contributed by atoms with Gasteiger partial charge in [0.05, 0.1) is 5.25 Å². The standard InChI is InChI=1S/C26H19ClFN3O2S/c27-19-8-6-17(7-9-19)14-23-25(33)31(21-12-10-20(28)11-13-21)26(34-23)22(15-29)24(32)30-16-18-4-2-1-3-5-18/h1-13,23H,14,16H2,(H,30,32)/b26-22-/t23-/m1/s1. The van der Waals surface area contributed by atoms with E-state index in [4.69, 9.17) is 11.6 Å². The Morgan fingerprint density at radius 1 is 1.03 bits per heavy atom. The Labute approximate surface area is 205 Å². The van der Waals surface area contributed by atoms with E-state index in [2.05, 4.69) is 5.32 Å². The zero-order chi connectivity index (χ0) is 24.1. The van der Waals surface area contributed by atoms with Crippen LogP contribution in [0.25, 0.3) is 0 Å². The maximum atomic E-state index is 13.5. The van der Waals surface area contributed by atoms with Crippen molar-refractivity contribution in [1.29, 1.82) is 5.26 Å². The van der Waals surface area contributed by atoms with Gasteiger partial charge in [0, 0.05) is 17.3 Å². The fourth-order valence-electron chi connectivity index (χ4n) is 3.51. The van der Waals surface area contributed by atoms with Gasteiger partial charge in [0.15, 0.2) is 0 Å². The molecule has 1 N–H and O–H groups in total. The van der Waals surface area contributed by atoms with Crippen LogP contribution in [0, 0.1) is 17.1 Å². The highest BCUT2D eigenvalue weighted by Gasteiger charge is 2.40. The molecule has 0 spiro atoms. The van der Waals surface area contributed by atoms with E-state index in [1.54, 1.807) is 12.1 Å². The van der Waals surface area contributed by atoms with Crippen molar-refractivity contribution in [2.75, 3.05) is 4.90 Å². The third-order valence-electron chi connectivity index (χ3n) is 5.22. The average Bonchev–Trinajstić information content (AvgIpc) is 3.16. The summed E-state index contributed by atoms with van der Waals surface area (Å²) in [6.45, 7) is 0.238. The maximum Gasteiger partial charge on any atom is 0.264 e. The molecule has 0 bridgehead atoms. The van der Waals surface area contributed by atoms with Gasteiger partial charge in [-0.2, -0.15) is 5.26 Å². The van der Waals surface area contributed by atoms with E-state index in [-0.39, 0.29) is 23.1 Å². The molecule has 1 aliphatic heterocycles. The number of nitrogens with one attached hydrogen (secondary N) is 1. The highest BCUT2D eigenvalue weighted by atomic mass is 35.5. The van der Waals surface area contributed by atoms with Gasteiger partial charge in [0.2, 0.25) is 5.91 Å². The van der Waals surface area contributed by atoms with E-state index in [1.165, 1.54) is 29.2 Å². The van der Waals surface area contributed by atoms with Gasteiger partial charge in [0.25, 0.3) is 5.91 Å². The lowest BCUT2D eigenvalue weighted by Gasteiger charge is -2.18. The number of thioether (sulfide) groups is 1. The van der Waals surface area contributed by atoms with Crippen LogP contribution in [-0.2, 0) is 22.6 Å². The Morgan fingerprint density at radius 3 is 2.35 bits per heavy atom. The van der Waals surface area contributed by atoms with E-state index in [0.29, 0.717) is 17.1 Å². The Hall–Kier alpha value is -3.60. The number of anilines is 1. The first kappa shape index (κ1) is 23.6. The van der Waals surface area contributed by atoms with Gasteiger partial charge in [-0.1, -0.05) is 65.8 Å². The molecular weight excluding hydrogens is 473 g/mol. The summed E-state index contributed by atoms with van der Waals surface area (Å²) in [5.74, 6) is -1.32. The Kier molecular flexibility index (Phi) is 7.31. The summed E-state index contributed by atoms with van der Waals surface area (Å²) >= 11 is 7.12. The Bertz CT molecular complexity index is 1270. The van der Waals surface area contributed by atoms with Gasteiger partial charge in [0.1, 0.15) is 22.5 Å². The molecule has 0 aromatic heterocycles. The molecule has 34 heavy (non-hydrogen) atoms. The molecule has 1 atom stereocenters. The quantitative estimate of drug-likeness (QED) is 0.379. The van der Waals surface area contributed by atoms with Crippen LogP contribution in [0.5, 0.6) is 0 Å². The van der Waals surface area contributed by atoms with Crippen molar-refractivity contribution in [2.24, 2.45) is 0 Å². The second-order valence-corrected chi connectivity index (χ2v) is 9.18. The fraction of sp³-hybridized carbons (Fsp3) is 0.115. The van der Waals surface area contributed by atoms with Crippen molar-refractivity contribution in [3.63, 3.8) is 0 Å². The molecular formula is C26H19ClFN3O2S. The number of hydrogen-bond donors (Lipinski definition) is 1.